The van der Waals surface area contributed by atoms with Crippen molar-refractivity contribution >= 4 is 34.2 Å². The van der Waals surface area contributed by atoms with Crippen LogP contribution in [0, 0.1) is 13.8 Å². The Balaban J connectivity index is 1.57. The highest BCUT2D eigenvalue weighted by molar-refractivity contribution is 7.18. The largest absolute Gasteiger partial charge is 0.465 e. The van der Waals surface area contributed by atoms with Crippen molar-refractivity contribution in [1.82, 2.24) is 9.80 Å². The number of piperazine rings is 1. The number of nitrogens with zero attached hydrogens (tertiary/aromatic N) is 2. The third-order valence-corrected chi connectivity index (χ3v) is 6.71. The van der Waals surface area contributed by atoms with Gasteiger partial charge in [0.1, 0.15) is 9.88 Å². The van der Waals surface area contributed by atoms with E-state index < -0.39 is 11.9 Å². The van der Waals surface area contributed by atoms with Crippen molar-refractivity contribution < 1.29 is 23.9 Å². The lowest BCUT2D eigenvalue weighted by molar-refractivity contribution is -0.117. The topological polar surface area (TPSA) is 88.2 Å². The molecule has 0 spiro atoms. The number of hydrogen-bond acceptors (Lipinski definition) is 8. The molecule has 1 aromatic carbocycles. The monoisotopic (exact) mass is 459 g/mol. The molecule has 0 saturated carbocycles. The van der Waals surface area contributed by atoms with Gasteiger partial charge in [0.15, 0.2) is 0 Å². The van der Waals surface area contributed by atoms with E-state index in [0.717, 1.165) is 44.1 Å². The predicted molar refractivity (Wildman–Crippen MR) is 123 cm³/mol. The molecule has 0 atom stereocenters. The predicted octanol–water partition coefficient (Wildman–Crippen LogP) is 2.69. The average Bonchev–Trinajstić information content (AvgIpc) is 3.11. The lowest BCUT2D eigenvalue weighted by Gasteiger charge is -2.34. The molecule has 1 aliphatic heterocycles. The summed E-state index contributed by atoms with van der Waals surface area (Å²) in [6, 6.07) is 8.55. The van der Waals surface area contributed by atoms with Crippen LogP contribution >= 0.6 is 11.3 Å². The second-order valence-electron chi connectivity index (χ2n) is 7.83. The molecule has 2 aromatic rings. The minimum absolute atomic E-state index is 0.189. The number of carbonyl (C=O) groups excluding carboxylic acids is 3. The molecule has 0 aliphatic carbocycles. The van der Waals surface area contributed by atoms with Gasteiger partial charge in [-0.3, -0.25) is 14.6 Å². The molecule has 1 N–H and O–H groups in total. The first-order chi connectivity index (χ1) is 15.3. The molecule has 0 unspecified atom stereocenters. The summed E-state index contributed by atoms with van der Waals surface area (Å²) < 4.78 is 9.61. The van der Waals surface area contributed by atoms with E-state index in [2.05, 4.69) is 46.3 Å². The van der Waals surface area contributed by atoms with Crippen LogP contribution < -0.4 is 5.32 Å². The summed E-state index contributed by atoms with van der Waals surface area (Å²) in [5, 5.41) is 3.09. The van der Waals surface area contributed by atoms with E-state index >= 15 is 0 Å². The number of thiophene rings is 1. The Morgan fingerprint density at radius 3 is 2.12 bits per heavy atom. The molecule has 1 saturated heterocycles. The number of ether oxygens (including phenoxy) is 2. The number of esters is 2. The van der Waals surface area contributed by atoms with Crippen molar-refractivity contribution in [2.24, 2.45) is 0 Å². The van der Waals surface area contributed by atoms with Gasteiger partial charge in [-0.05, 0) is 25.0 Å². The van der Waals surface area contributed by atoms with Crippen molar-refractivity contribution in [3.63, 3.8) is 0 Å². The van der Waals surface area contributed by atoms with Crippen molar-refractivity contribution in [2.75, 3.05) is 52.3 Å². The SMILES string of the molecule is COC(=O)c1sc(NC(=O)CN2CCN(Cc3ccc(C)cc3)CC2)c(C(=O)OC)c1C. The van der Waals surface area contributed by atoms with Gasteiger partial charge in [0, 0.05) is 32.7 Å². The van der Waals surface area contributed by atoms with Crippen LogP contribution in [-0.4, -0.2) is 74.6 Å². The van der Waals surface area contributed by atoms with Crippen LogP contribution in [-0.2, 0) is 20.8 Å². The quantitative estimate of drug-likeness (QED) is 0.637. The third-order valence-electron chi connectivity index (χ3n) is 5.52. The number of carbonyl (C=O) groups is 3. The second kappa shape index (κ2) is 10.7. The van der Waals surface area contributed by atoms with Gasteiger partial charge in [0.2, 0.25) is 5.91 Å². The van der Waals surface area contributed by atoms with Gasteiger partial charge in [-0.2, -0.15) is 0 Å². The van der Waals surface area contributed by atoms with E-state index in [0.29, 0.717) is 10.6 Å². The maximum atomic E-state index is 12.7. The van der Waals surface area contributed by atoms with E-state index in [1.165, 1.54) is 25.3 Å². The van der Waals surface area contributed by atoms with Gasteiger partial charge < -0.3 is 14.8 Å². The molecule has 0 radical (unpaired) electrons. The molecule has 172 valence electrons. The Kier molecular flexibility index (Phi) is 8.00. The van der Waals surface area contributed by atoms with Crippen molar-refractivity contribution in [3.05, 3.63) is 51.4 Å². The third kappa shape index (κ3) is 5.73. The lowest BCUT2D eigenvalue weighted by atomic mass is 10.1. The normalized spacial score (nSPS) is 14.8. The molecule has 1 aliphatic rings. The lowest BCUT2D eigenvalue weighted by Crippen LogP contribution is -2.48. The standard InChI is InChI=1S/C23H29N3O5S/c1-15-5-7-17(8-6-15)13-25-9-11-26(12-10-25)14-18(27)24-21-19(22(28)30-3)16(2)20(32-21)23(29)31-4/h5-8H,9-14H2,1-4H3,(H,24,27). The first-order valence-corrected chi connectivity index (χ1v) is 11.2. The molecule has 1 amide bonds. The van der Waals surface area contributed by atoms with Crippen LogP contribution in [0.25, 0.3) is 0 Å². The minimum Gasteiger partial charge on any atom is -0.465 e. The van der Waals surface area contributed by atoms with Gasteiger partial charge in [0.25, 0.3) is 0 Å². The van der Waals surface area contributed by atoms with Crippen LogP contribution in [0.2, 0.25) is 0 Å². The van der Waals surface area contributed by atoms with E-state index in [4.69, 9.17) is 9.47 Å². The fourth-order valence-corrected chi connectivity index (χ4v) is 4.79. The fraction of sp³-hybridized carbons (Fsp3) is 0.435. The highest BCUT2D eigenvalue weighted by Gasteiger charge is 2.27. The second-order valence-corrected chi connectivity index (χ2v) is 8.85. The molecular weight excluding hydrogens is 430 g/mol. The number of aryl methyl sites for hydroxylation is 1. The van der Waals surface area contributed by atoms with E-state index in [-0.39, 0.29) is 22.9 Å². The van der Waals surface area contributed by atoms with Gasteiger partial charge in [0.05, 0.1) is 26.3 Å². The summed E-state index contributed by atoms with van der Waals surface area (Å²) in [5.41, 5.74) is 3.16. The Bertz CT molecular complexity index is 978. The van der Waals surface area contributed by atoms with Crippen LogP contribution in [0.5, 0.6) is 0 Å². The highest BCUT2D eigenvalue weighted by atomic mass is 32.1. The number of anilines is 1. The minimum atomic E-state index is -0.603. The smallest absolute Gasteiger partial charge is 0.348 e. The molecule has 8 nitrogen and oxygen atoms in total. The average molecular weight is 460 g/mol. The molecule has 2 heterocycles. The maximum absolute atomic E-state index is 12.7. The Morgan fingerprint density at radius 1 is 0.938 bits per heavy atom. The van der Waals surface area contributed by atoms with Gasteiger partial charge in [-0.15, -0.1) is 11.3 Å². The van der Waals surface area contributed by atoms with Gasteiger partial charge in [-0.25, -0.2) is 9.59 Å². The molecule has 1 fully saturated rings. The maximum Gasteiger partial charge on any atom is 0.348 e. The van der Waals surface area contributed by atoms with E-state index in [1.807, 2.05) is 0 Å². The molecule has 3 rings (SSSR count). The highest BCUT2D eigenvalue weighted by Crippen LogP contribution is 2.34. The number of benzene rings is 1. The molecule has 32 heavy (non-hydrogen) atoms. The molecule has 9 heteroatoms. The van der Waals surface area contributed by atoms with E-state index in [1.54, 1.807) is 6.92 Å². The van der Waals surface area contributed by atoms with Crippen LogP contribution in [0.4, 0.5) is 5.00 Å². The number of rotatable bonds is 7. The molecule has 0 bridgehead atoms. The summed E-state index contributed by atoms with van der Waals surface area (Å²) in [4.78, 5) is 41.6. The zero-order chi connectivity index (χ0) is 23.3. The number of amides is 1. The molecule has 1 aromatic heterocycles. The first-order valence-electron chi connectivity index (χ1n) is 10.4. The Labute approximate surface area is 192 Å². The van der Waals surface area contributed by atoms with Crippen molar-refractivity contribution in [2.45, 2.75) is 20.4 Å². The zero-order valence-electron chi connectivity index (χ0n) is 18.9. The van der Waals surface area contributed by atoms with Crippen LogP contribution in [0.1, 0.15) is 36.7 Å². The number of nitrogens with one attached hydrogen (secondary N) is 1. The van der Waals surface area contributed by atoms with Crippen molar-refractivity contribution in [3.8, 4) is 0 Å². The van der Waals surface area contributed by atoms with Crippen LogP contribution in [0.3, 0.4) is 0 Å². The summed E-state index contributed by atoms with van der Waals surface area (Å²) in [5.74, 6) is -1.39. The summed E-state index contributed by atoms with van der Waals surface area (Å²) in [7, 11) is 2.54. The van der Waals surface area contributed by atoms with Gasteiger partial charge >= 0.3 is 11.9 Å². The van der Waals surface area contributed by atoms with E-state index in [9.17, 15) is 14.4 Å². The summed E-state index contributed by atoms with van der Waals surface area (Å²) >= 11 is 1.02. The number of methoxy groups -OCH3 is 2. The number of hydrogen-bond donors (Lipinski definition) is 1. The zero-order valence-corrected chi connectivity index (χ0v) is 19.7. The Morgan fingerprint density at radius 2 is 1.53 bits per heavy atom. The van der Waals surface area contributed by atoms with Crippen LogP contribution in [0.15, 0.2) is 24.3 Å². The summed E-state index contributed by atoms with van der Waals surface area (Å²) in [6.07, 6.45) is 0. The fourth-order valence-electron chi connectivity index (χ4n) is 3.66. The molecular formula is C23H29N3O5S. The van der Waals surface area contributed by atoms with Gasteiger partial charge in [-0.1, -0.05) is 29.8 Å². The van der Waals surface area contributed by atoms with Crippen molar-refractivity contribution in [1.29, 1.82) is 0 Å². The first kappa shape index (κ1) is 23.9. The Hall–Kier alpha value is -2.75. The summed E-state index contributed by atoms with van der Waals surface area (Å²) in [6.45, 7) is 8.13.